The summed E-state index contributed by atoms with van der Waals surface area (Å²) in [6.45, 7) is 5.41. The number of hydrogen-bond donors (Lipinski definition) is 1. The quantitative estimate of drug-likeness (QED) is 0.903. The molecule has 1 aromatic heterocycles. The molecule has 19 heavy (non-hydrogen) atoms. The molecule has 0 bridgehead atoms. The summed E-state index contributed by atoms with van der Waals surface area (Å²) in [4.78, 5) is 2.26. The van der Waals surface area contributed by atoms with Crippen LogP contribution in [0.15, 0.2) is 4.42 Å². The van der Waals surface area contributed by atoms with Crippen LogP contribution in [0.2, 0.25) is 0 Å². The molecular formula is C14H23N3O2. The highest BCUT2D eigenvalue weighted by atomic mass is 16.4. The summed E-state index contributed by atoms with van der Waals surface area (Å²) in [7, 11) is 0. The van der Waals surface area contributed by atoms with E-state index in [0.29, 0.717) is 18.4 Å². The summed E-state index contributed by atoms with van der Waals surface area (Å²) in [6, 6.07) is 0.187. The van der Waals surface area contributed by atoms with Gasteiger partial charge in [0.05, 0.1) is 12.1 Å². The average molecular weight is 265 g/mol. The van der Waals surface area contributed by atoms with Gasteiger partial charge < -0.3 is 9.52 Å². The van der Waals surface area contributed by atoms with Gasteiger partial charge in [-0.25, -0.2) is 0 Å². The summed E-state index contributed by atoms with van der Waals surface area (Å²) >= 11 is 0. The van der Waals surface area contributed by atoms with Gasteiger partial charge in [-0.2, -0.15) is 0 Å². The summed E-state index contributed by atoms with van der Waals surface area (Å²) < 4.78 is 5.76. The van der Waals surface area contributed by atoms with Crippen LogP contribution in [-0.2, 0) is 6.54 Å². The molecule has 1 aliphatic carbocycles. The number of aromatic nitrogens is 2. The predicted octanol–water partition coefficient (Wildman–Crippen LogP) is 2.07. The first-order chi connectivity index (χ1) is 9.04. The highest BCUT2D eigenvalue weighted by Gasteiger charge is 2.36. The maximum absolute atomic E-state index is 10.2. The van der Waals surface area contributed by atoms with Gasteiger partial charge in [0.15, 0.2) is 0 Å². The molecule has 1 aliphatic heterocycles. The molecule has 1 N–H and O–H groups in total. The Labute approximate surface area is 114 Å². The SMILES string of the molecule is CC(C)(O)C1CCCN1Cc1nnc(C2CCC2)o1. The number of rotatable bonds is 4. The highest BCUT2D eigenvalue weighted by Crippen LogP contribution is 2.35. The Morgan fingerprint density at radius 2 is 2.05 bits per heavy atom. The zero-order valence-corrected chi connectivity index (χ0v) is 11.8. The van der Waals surface area contributed by atoms with Crippen molar-refractivity contribution in [3.8, 4) is 0 Å². The summed E-state index contributed by atoms with van der Waals surface area (Å²) in [6.07, 6.45) is 5.79. The van der Waals surface area contributed by atoms with E-state index >= 15 is 0 Å². The van der Waals surface area contributed by atoms with E-state index in [4.69, 9.17) is 4.42 Å². The summed E-state index contributed by atoms with van der Waals surface area (Å²) in [5.41, 5.74) is -0.673. The monoisotopic (exact) mass is 265 g/mol. The van der Waals surface area contributed by atoms with Gasteiger partial charge in [-0.1, -0.05) is 6.42 Å². The first kappa shape index (κ1) is 13.1. The van der Waals surface area contributed by atoms with Crippen LogP contribution in [0.1, 0.15) is 63.7 Å². The molecule has 0 spiro atoms. The molecule has 1 saturated carbocycles. The van der Waals surface area contributed by atoms with Crippen molar-refractivity contribution >= 4 is 0 Å². The van der Waals surface area contributed by atoms with Crippen molar-refractivity contribution in [2.45, 2.75) is 70.1 Å². The maximum Gasteiger partial charge on any atom is 0.230 e. The van der Waals surface area contributed by atoms with Crippen LogP contribution in [0.5, 0.6) is 0 Å². The largest absolute Gasteiger partial charge is 0.424 e. The third-order valence-corrected chi connectivity index (χ3v) is 4.45. The lowest BCUT2D eigenvalue weighted by Crippen LogP contribution is -2.45. The van der Waals surface area contributed by atoms with Gasteiger partial charge in [0.2, 0.25) is 11.8 Å². The van der Waals surface area contributed by atoms with E-state index in [-0.39, 0.29) is 6.04 Å². The lowest BCUT2D eigenvalue weighted by molar-refractivity contribution is -0.00742. The Hall–Kier alpha value is -0.940. The molecule has 0 aromatic carbocycles. The van der Waals surface area contributed by atoms with Crippen LogP contribution in [0.25, 0.3) is 0 Å². The Morgan fingerprint density at radius 3 is 2.68 bits per heavy atom. The van der Waals surface area contributed by atoms with Crippen LogP contribution in [0, 0.1) is 0 Å². The van der Waals surface area contributed by atoms with Gasteiger partial charge >= 0.3 is 0 Å². The van der Waals surface area contributed by atoms with Crippen molar-refractivity contribution in [2.24, 2.45) is 0 Å². The molecule has 2 heterocycles. The molecule has 0 amide bonds. The lowest BCUT2D eigenvalue weighted by Gasteiger charge is -2.32. The minimum Gasteiger partial charge on any atom is -0.424 e. The van der Waals surface area contributed by atoms with Crippen LogP contribution in [0.3, 0.4) is 0 Å². The number of hydrogen-bond acceptors (Lipinski definition) is 5. The molecule has 1 atom stereocenters. The van der Waals surface area contributed by atoms with E-state index in [0.717, 1.165) is 25.3 Å². The minimum absolute atomic E-state index is 0.187. The Bertz CT molecular complexity index is 434. The van der Waals surface area contributed by atoms with Crippen LogP contribution < -0.4 is 0 Å². The Kier molecular flexibility index (Phi) is 3.35. The molecular weight excluding hydrogens is 242 g/mol. The fraction of sp³-hybridized carbons (Fsp3) is 0.857. The molecule has 2 fully saturated rings. The standard InChI is InChI=1S/C14H23N3O2/c1-14(2,18)11-7-4-8-17(11)9-12-15-16-13(19-12)10-5-3-6-10/h10-11,18H,3-9H2,1-2H3. The topological polar surface area (TPSA) is 62.4 Å². The molecule has 106 valence electrons. The smallest absolute Gasteiger partial charge is 0.230 e. The van der Waals surface area contributed by atoms with Gasteiger partial charge in [-0.15, -0.1) is 10.2 Å². The highest BCUT2D eigenvalue weighted by molar-refractivity contribution is 4.98. The predicted molar refractivity (Wildman–Crippen MR) is 70.6 cm³/mol. The second kappa shape index (κ2) is 4.87. The van der Waals surface area contributed by atoms with Crippen LogP contribution in [-0.4, -0.2) is 38.4 Å². The van der Waals surface area contributed by atoms with Gasteiger partial charge in [0.25, 0.3) is 0 Å². The molecule has 5 nitrogen and oxygen atoms in total. The third-order valence-electron chi connectivity index (χ3n) is 4.45. The molecule has 2 aliphatic rings. The van der Waals surface area contributed by atoms with Crippen molar-refractivity contribution in [3.05, 3.63) is 11.8 Å². The first-order valence-corrected chi connectivity index (χ1v) is 7.33. The Morgan fingerprint density at radius 1 is 1.26 bits per heavy atom. The second-order valence-corrected chi connectivity index (χ2v) is 6.44. The van der Waals surface area contributed by atoms with E-state index in [1.807, 2.05) is 13.8 Å². The van der Waals surface area contributed by atoms with Gasteiger partial charge in [-0.3, -0.25) is 4.90 Å². The van der Waals surface area contributed by atoms with Gasteiger partial charge in [-0.05, 0) is 46.1 Å². The van der Waals surface area contributed by atoms with E-state index < -0.39 is 5.60 Å². The molecule has 1 saturated heterocycles. The number of nitrogens with zero attached hydrogens (tertiary/aromatic N) is 3. The second-order valence-electron chi connectivity index (χ2n) is 6.44. The zero-order valence-electron chi connectivity index (χ0n) is 11.8. The molecule has 5 heteroatoms. The molecule has 1 unspecified atom stereocenters. The van der Waals surface area contributed by atoms with E-state index in [1.54, 1.807) is 0 Å². The Balaban J connectivity index is 1.65. The average Bonchev–Trinajstić information content (AvgIpc) is 2.84. The van der Waals surface area contributed by atoms with Crippen molar-refractivity contribution in [1.82, 2.24) is 15.1 Å². The third kappa shape index (κ3) is 2.67. The van der Waals surface area contributed by atoms with Gasteiger partial charge in [0, 0.05) is 12.0 Å². The van der Waals surface area contributed by atoms with Crippen LogP contribution in [0.4, 0.5) is 0 Å². The van der Waals surface area contributed by atoms with E-state index in [2.05, 4.69) is 15.1 Å². The van der Waals surface area contributed by atoms with Crippen molar-refractivity contribution in [3.63, 3.8) is 0 Å². The van der Waals surface area contributed by atoms with E-state index in [9.17, 15) is 5.11 Å². The van der Waals surface area contributed by atoms with E-state index in [1.165, 1.54) is 19.3 Å². The molecule has 0 radical (unpaired) electrons. The fourth-order valence-electron chi connectivity index (χ4n) is 3.14. The van der Waals surface area contributed by atoms with Gasteiger partial charge in [0.1, 0.15) is 0 Å². The number of likely N-dealkylation sites (tertiary alicyclic amines) is 1. The first-order valence-electron chi connectivity index (χ1n) is 7.33. The zero-order chi connectivity index (χ0) is 13.5. The summed E-state index contributed by atoms with van der Waals surface area (Å²) in [5, 5.41) is 18.5. The minimum atomic E-state index is -0.673. The van der Waals surface area contributed by atoms with Crippen molar-refractivity contribution in [1.29, 1.82) is 0 Å². The number of aliphatic hydroxyl groups is 1. The molecule has 1 aromatic rings. The molecule has 3 rings (SSSR count). The fourth-order valence-corrected chi connectivity index (χ4v) is 3.14. The van der Waals surface area contributed by atoms with Crippen molar-refractivity contribution in [2.75, 3.05) is 6.54 Å². The normalized spacial score (nSPS) is 25.7. The van der Waals surface area contributed by atoms with Crippen LogP contribution >= 0.6 is 0 Å². The van der Waals surface area contributed by atoms with Crippen molar-refractivity contribution < 1.29 is 9.52 Å². The maximum atomic E-state index is 10.2. The lowest BCUT2D eigenvalue weighted by atomic mass is 9.85. The summed E-state index contributed by atoms with van der Waals surface area (Å²) in [5.74, 6) is 1.99.